The van der Waals surface area contributed by atoms with Gasteiger partial charge in [0, 0.05) is 25.2 Å². The lowest BCUT2D eigenvalue weighted by Gasteiger charge is -2.17. The molecule has 120 valence electrons. The molecular formula is C16H24N4O2. The third kappa shape index (κ3) is 4.73. The maximum Gasteiger partial charge on any atom is 0.315 e. The molecule has 0 radical (unpaired) electrons. The Morgan fingerprint density at radius 2 is 2.05 bits per heavy atom. The van der Waals surface area contributed by atoms with Gasteiger partial charge in [-0.1, -0.05) is 18.2 Å². The number of hydrogen-bond acceptors (Lipinski definition) is 3. The van der Waals surface area contributed by atoms with Crippen LogP contribution in [0.2, 0.25) is 0 Å². The number of anilines is 1. The van der Waals surface area contributed by atoms with Crippen LogP contribution in [0.25, 0.3) is 0 Å². The molecule has 2 rings (SSSR count). The van der Waals surface area contributed by atoms with E-state index in [1.54, 1.807) is 4.90 Å². The molecule has 0 spiro atoms. The molecule has 1 aliphatic rings. The number of para-hydroxylation sites is 1. The fraction of sp³-hybridized carbons (Fsp3) is 0.500. The summed E-state index contributed by atoms with van der Waals surface area (Å²) in [6, 6.07) is 9.19. The highest BCUT2D eigenvalue weighted by Gasteiger charge is 2.31. The van der Waals surface area contributed by atoms with Crippen LogP contribution in [0, 0.1) is 0 Å². The lowest BCUT2D eigenvalue weighted by atomic mass is 10.2. The topological polar surface area (TPSA) is 64.7 Å². The van der Waals surface area contributed by atoms with Crippen molar-refractivity contribution in [3.8, 4) is 0 Å². The number of rotatable bonds is 6. The van der Waals surface area contributed by atoms with Crippen molar-refractivity contribution < 1.29 is 9.59 Å². The number of amides is 3. The lowest BCUT2D eigenvalue weighted by molar-refractivity contribution is -0.117. The van der Waals surface area contributed by atoms with E-state index in [0.717, 1.165) is 18.7 Å². The van der Waals surface area contributed by atoms with E-state index in [0.29, 0.717) is 19.5 Å². The number of carbonyl (C=O) groups excluding carboxylic acids is 2. The first-order valence-electron chi connectivity index (χ1n) is 7.61. The Hall–Kier alpha value is -2.08. The minimum atomic E-state index is -0.202. The molecule has 0 bridgehead atoms. The zero-order valence-electron chi connectivity index (χ0n) is 13.2. The monoisotopic (exact) mass is 304 g/mol. The van der Waals surface area contributed by atoms with E-state index < -0.39 is 0 Å². The Bertz CT molecular complexity index is 504. The molecule has 1 aromatic rings. The van der Waals surface area contributed by atoms with E-state index in [-0.39, 0.29) is 18.0 Å². The average molecular weight is 304 g/mol. The van der Waals surface area contributed by atoms with Crippen molar-refractivity contribution in [1.82, 2.24) is 15.5 Å². The average Bonchev–Trinajstić information content (AvgIpc) is 2.85. The lowest BCUT2D eigenvalue weighted by Crippen LogP contribution is -2.43. The highest BCUT2D eigenvalue weighted by molar-refractivity contribution is 5.96. The van der Waals surface area contributed by atoms with Gasteiger partial charge in [-0.25, -0.2) is 4.79 Å². The van der Waals surface area contributed by atoms with Gasteiger partial charge in [-0.05, 0) is 39.2 Å². The smallest absolute Gasteiger partial charge is 0.315 e. The van der Waals surface area contributed by atoms with Crippen molar-refractivity contribution in [2.24, 2.45) is 0 Å². The maximum absolute atomic E-state index is 12.1. The van der Waals surface area contributed by atoms with Gasteiger partial charge in [0.2, 0.25) is 5.91 Å². The van der Waals surface area contributed by atoms with Crippen molar-refractivity contribution in [1.29, 1.82) is 0 Å². The summed E-state index contributed by atoms with van der Waals surface area (Å²) in [5.41, 5.74) is 0.878. The van der Waals surface area contributed by atoms with Gasteiger partial charge >= 0.3 is 6.03 Å². The largest absolute Gasteiger partial charge is 0.338 e. The Kier molecular flexibility index (Phi) is 5.77. The summed E-state index contributed by atoms with van der Waals surface area (Å²) in [5.74, 6) is 0.0455. The van der Waals surface area contributed by atoms with Crippen molar-refractivity contribution >= 4 is 17.6 Å². The van der Waals surface area contributed by atoms with E-state index >= 15 is 0 Å². The number of hydrogen-bond donors (Lipinski definition) is 2. The van der Waals surface area contributed by atoms with Crippen molar-refractivity contribution in [2.45, 2.75) is 18.9 Å². The molecule has 1 aliphatic heterocycles. The zero-order chi connectivity index (χ0) is 15.9. The van der Waals surface area contributed by atoms with Gasteiger partial charge in [0.05, 0.1) is 6.04 Å². The first kappa shape index (κ1) is 16.3. The molecule has 0 aromatic heterocycles. The molecule has 22 heavy (non-hydrogen) atoms. The van der Waals surface area contributed by atoms with Crippen LogP contribution in [0.1, 0.15) is 12.8 Å². The quantitative estimate of drug-likeness (QED) is 0.772. The Morgan fingerprint density at radius 1 is 1.32 bits per heavy atom. The Labute approximate surface area is 131 Å². The summed E-state index contributed by atoms with van der Waals surface area (Å²) in [4.78, 5) is 27.7. The first-order valence-corrected chi connectivity index (χ1v) is 7.61. The molecule has 1 saturated heterocycles. The molecule has 1 atom stereocenters. The second kappa shape index (κ2) is 7.79. The van der Waals surface area contributed by atoms with Crippen LogP contribution in [0.15, 0.2) is 30.3 Å². The fourth-order valence-electron chi connectivity index (χ4n) is 2.50. The van der Waals surface area contributed by atoms with Crippen LogP contribution in [-0.2, 0) is 4.79 Å². The van der Waals surface area contributed by atoms with Crippen LogP contribution in [0.4, 0.5) is 10.5 Å². The standard InChI is InChI=1S/C16H24N4O2/c1-19(2)10-6-9-17-16(22)18-13-11-15(21)20(12-13)14-7-4-3-5-8-14/h3-5,7-8,13H,6,9-12H2,1-2H3,(H2,17,18,22)/t13-/m0/s1. The molecule has 6 nitrogen and oxygen atoms in total. The zero-order valence-corrected chi connectivity index (χ0v) is 13.2. The highest BCUT2D eigenvalue weighted by atomic mass is 16.2. The molecular weight excluding hydrogens is 280 g/mol. The van der Waals surface area contributed by atoms with Gasteiger partial charge in [-0.15, -0.1) is 0 Å². The highest BCUT2D eigenvalue weighted by Crippen LogP contribution is 2.20. The number of carbonyl (C=O) groups is 2. The van der Waals surface area contributed by atoms with Crippen molar-refractivity contribution in [3.05, 3.63) is 30.3 Å². The summed E-state index contributed by atoms with van der Waals surface area (Å²) in [6.45, 7) is 2.09. The molecule has 6 heteroatoms. The van der Waals surface area contributed by atoms with Crippen molar-refractivity contribution in [2.75, 3.05) is 38.6 Å². The van der Waals surface area contributed by atoms with Crippen LogP contribution < -0.4 is 15.5 Å². The number of nitrogens with one attached hydrogen (secondary N) is 2. The number of urea groups is 1. The SMILES string of the molecule is CN(C)CCCNC(=O)N[C@H]1CC(=O)N(c2ccccc2)C1. The van der Waals surface area contributed by atoms with E-state index in [9.17, 15) is 9.59 Å². The summed E-state index contributed by atoms with van der Waals surface area (Å²) in [7, 11) is 4.00. The second-order valence-corrected chi connectivity index (χ2v) is 5.80. The summed E-state index contributed by atoms with van der Waals surface area (Å²) in [5, 5.41) is 5.70. The van der Waals surface area contributed by atoms with Crippen LogP contribution in [0.3, 0.4) is 0 Å². The number of benzene rings is 1. The molecule has 0 aliphatic carbocycles. The van der Waals surface area contributed by atoms with Gasteiger partial charge < -0.3 is 20.4 Å². The fourth-order valence-corrected chi connectivity index (χ4v) is 2.50. The molecule has 1 heterocycles. The third-order valence-corrected chi connectivity index (χ3v) is 3.60. The van der Waals surface area contributed by atoms with Gasteiger partial charge in [-0.2, -0.15) is 0 Å². The third-order valence-electron chi connectivity index (χ3n) is 3.60. The predicted octanol–water partition coefficient (Wildman–Crippen LogP) is 1.04. The first-order chi connectivity index (χ1) is 10.6. The van der Waals surface area contributed by atoms with E-state index in [2.05, 4.69) is 15.5 Å². The molecule has 0 saturated carbocycles. The Balaban J connectivity index is 1.75. The van der Waals surface area contributed by atoms with Crippen LogP contribution in [0.5, 0.6) is 0 Å². The molecule has 1 fully saturated rings. The van der Waals surface area contributed by atoms with Gasteiger partial charge in [-0.3, -0.25) is 4.79 Å². The minimum Gasteiger partial charge on any atom is -0.338 e. The summed E-state index contributed by atoms with van der Waals surface area (Å²) in [6.07, 6.45) is 1.25. The maximum atomic E-state index is 12.1. The molecule has 0 unspecified atom stereocenters. The predicted molar refractivity (Wildman–Crippen MR) is 86.9 cm³/mol. The minimum absolute atomic E-state index is 0.0455. The van der Waals surface area contributed by atoms with Gasteiger partial charge in [0.15, 0.2) is 0 Å². The second-order valence-electron chi connectivity index (χ2n) is 5.80. The van der Waals surface area contributed by atoms with Crippen LogP contribution >= 0.6 is 0 Å². The van der Waals surface area contributed by atoms with E-state index in [4.69, 9.17) is 0 Å². The molecule has 1 aromatic carbocycles. The van der Waals surface area contributed by atoms with Crippen molar-refractivity contribution in [3.63, 3.8) is 0 Å². The van der Waals surface area contributed by atoms with E-state index in [1.807, 2.05) is 44.4 Å². The van der Waals surface area contributed by atoms with Crippen LogP contribution in [-0.4, -0.2) is 56.6 Å². The summed E-state index contributed by atoms with van der Waals surface area (Å²) >= 11 is 0. The Morgan fingerprint density at radius 3 is 2.73 bits per heavy atom. The van der Waals surface area contributed by atoms with Gasteiger partial charge in [0.1, 0.15) is 0 Å². The number of nitrogens with zero attached hydrogens (tertiary/aromatic N) is 2. The molecule has 3 amide bonds. The summed E-state index contributed by atoms with van der Waals surface area (Å²) < 4.78 is 0. The van der Waals surface area contributed by atoms with Gasteiger partial charge in [0.25, 0.3) is 0 Å². The normalized spacial score (nSPS) is 17.9. The van der Waals surface area contributed by atoms with E-state index in [1.165, 1.54) is 0 Å². The molecule has 2 N–H and O–H groups in total.